The Bertz CT molecular complexity index is 192. The first-order valence-electron chi connectivity index (χ1n) is 4.11. The van der Waals surface area contributed by atoms with Crippen molar-refractivity contribution in [1.82, 2.24) is 0 Å². The van der Waals surface area contributed by atoms with Crippen LogP contribution in [-0.4, -0.2) is 0 Å². The van der Waals surface area contributed by atoms with E-state index in [1.54, 1.807) is 0 Å². The zero-order valence-electron chi connectivity index (χ0n) is 8.07. The number of allylic oxidation sites excluding steroid dienone is 5. The fourth-order valence-corrected chi connectivity index (χ4v) is 0.978. The molecule has 0 aromatic rings. The molecule has 0 fully saturated rings. The van der Waals surface area contributed by atoms with Gasteiger partial charge in [-0.1, -0.05) is 44.2 Å². The van der Waals surface area contributed by atoms with Crippen molar-refractivity contribution in [2.45, 2.75) is 41.5 Å². The van der Waals surface area contributed by atoms with Crippen molar-refractivity contribution in [3.63, 3.8) is 0 Å². The third kappa shape index (κ3) is 4.95. The van der Waals surface area contributed by atoms with Crippen LogP contribution >= 0.6 is 0 Å². The van der Waals surface area contributed by atoms with Gasteiger partial charge in [0.25, 0.3) is 0 Å². The molecule has 0 bridgehead atoms. The molecule has 0 amide bonds. The molecule has 0 heterocycles. The lowest BCUT2D eigenvalue weighted by molar-refractivity contribution is 1.09. The van der Waals surface area contributed by atoms with Gasteiger partial charge >= 0.3 is 0 Å². The lowest BCUT2D eigenvalue weighted by Gasteiger charge is -2.03. The Hall–Kier alpha value is -0.780. The van der Waals surface area contributed by atoms with E-state index in [-0.39, 0.29) is 7.43 Å². The molecule has 0 unspecified atom stereocenters. The lowest BCUT2D eigenvalue weighted by atomic mass is 10.0. The molecule has 0 radical (unpaired) electrons. The molecular weight excluding hydrogens is 144 g/mol. The standard InChI is InChI=1S/C11H18.CH4/c1-6-10(5)11(7-2)8-9(3)4;/h6,8H,3,7H2,1-2,4-5H3;1H4/b10-6-,11-8-;. The summed E-state index contributed by atoms with van der Waals surface area (Å²) in [6.07, 6.45) is 5.37. The third-order valence-corrected chi connectivity index (χ3v) is 1.74. The van der Waals surface area contributed by atoms with Crippen LogP contribution in [0.15, 0.2) is 35.5 Å². The summed E-state index contributed by atoms with van der Waals surface area (Å²) in [6.45, 7) is 12.3. The Morgan fingerprint density at radius 1 is 1.33 bits per heavy atom. The highest BCUT2D eigenvalue weighted by atomic mass is 14.0. The molecule has 0 aromatic heterocycles. The molecule has 0 spiro atoms. The van der Waals surface area contributed by atoms with Crippen molar-refractivity contribution >= 4 is 0 Å². The fraction of sp³-hybridized carbons (Fsp3) is 0.500. The highest BCUT2D eigenvalue weighted by Crippen LogP contribution is 2.14. The highest BCUT2D eigenvalue weighted by molar-refractivity contribution is 5.33. The van der Waals surface area contributed by atoms with E-state index in [1.807, 2.05) is 6.92 Å². The van der Waals surface area contributed by atoms with Crippen LogP contribution in [0, 0.1) is 0 Å². The molecule has 0 aromatic carbocycles. The van der Waals surface area contributed by atoms with E-state index < -0.39 is 0 Å². The van der Waals surface area contributed by atoms with Gasteiger partial charge in [-0.25, -0.2) is 0 Å². The molecule has 0 saturated heterocycles. The molecule has 0 saturated carbocycles. The van der Waals surface area contributed by atoms with E-state index in [1.165, 1.54) is 11.1 Å². The van der Waals surface area contributed by atoms with Crippen molar-refractivity contribution < 1.29 is 0 Å². The van der Waals surface area contributed by atoms with Crippen LogP contribution in [-0.2, 0) is 0 Å². The summed E-state index contributed by atoms with van der Waals surface area (Å²) < 4.78 is 0. The predicted octanol–water partition coefficient (Wildman–Crippen LogP) is 4.50. The van der Waals surface area contributed by atoms with E-state index in [9.17, 15) is 0 Å². The first kappa shape index (κ1) is 13.8. The quantitative estimate of drug-likeness (QED) is 0.541. The summed E-state index contributed by atoms with van der Waals surface area (Å²) in [7, 11) is 0. The lowest BCUT2D eigenvalue weighted by Crippen LogP contribution is -1.83. The van der Waals surface area contributed by atoms with E-state index in [4.69, 9.17) is 0 Å². The van der Waals surface area contributed by atoms with Gasteiger partial charge in [0.1, 0.15) is 0 Å². The van der Waals surface area contributed by atoms with Crippen LogP contribution in [0.4, 0.5) is 0 Å². The maximum absolute atomic E-state index is 3.86. The minimum Gasteiger partial charge on any atom is -0.0961 e. The summed E-state index contributed by atoms with van der Waals surface area (Å²) in [4.78, 5) is 0. The van der Waals surface area contributed by atoms with Crippen LogP contribution in [0.2, 0.25) is 0 Å². The maximum atomic E-state index is 3.86. The van der Waals surface area contributed by atoms with Gasteiger partial charge in [-0.2, -0.15) is 0 Å². The molecule has 0 aliphatic heterocycles. The van der Waals surface area contributed by atoms with Gasteiger partial charge in [0.05, 0.1) is 0 Å². The summed E-state index contributed by atoms with van der Waals surface area (Å²) in [5.41, 5.74) is 3.87. The first-order chi connectivity index (χ1) is 5.11. The monoisotopic (exact) mass is 166 g/mol. The van der Waals surface area contributed by atoms with Gasteiger partial charge in [-0.15, -0.1) is 0 Å². The normalized spacial score (nSPS) is 12.3. The number of rotatable bonds is 3. The van der Waals surface area contributed by atoms with Crippen LogP contribution in [0.3, 0.4) is 0 Å². The zero-order valence-corrected chi connectivity index (χ0v) is 8.07. The topological polar surface area (TPSA) is 0 Å². The second-order valence-corrected chi connectivity index (χ2v) is 2.84. The van der Waals surface area contributed by atoms with E-state index >= 15 is 0 Å². The Kier molecular flexibility index (Phi) is 7.93. The Morgan fingerprint density at radius 2 is 1.83 bits per heavy atom. The van der Waals surface area contributed by atoms with Crippen LogP contribution in [0.1, 0.15) is 41.5 Å². The molecule has 0 aliphatic rings. The molecule has 0 atom stereocenters. The second kappa shape index (κ2) is 6.90. The zero-order chi connectivity index (χ0) is 8.85. The predicted molar refractivity (Wildman–Crippen MR) is 59.4 cm³/mol. The summed E-state index contributed by atoms with van der Waals surface area (Å²) in [6, 6.07) is 0. The molecule has 0 rings (SSSR count). The molecule has 0 aliphatic carbocycles. The maximum Gasteiger partial charge on any atom is -0.0305 e. The largest absolute Gasteiger partial charge is 0.0961 e. The smallest absolute Gasteiger partial charge is 0.0305 e. The van der Waals surface area contributed by atoms with Gasteiger partial charge in [0.15, 0.2) is 0 Å². The van der Waals surface area contributed by atoms with Gasteiger partial charge in [0, 0.05) is 0 Å². The fourth-order valence-electron chi connectivity index (χ4n) is 0.978. The van der Waals surface area contributed by atoms with Crippen molar-refractivity contribution in [2.24, 2.45) is 0 Å². The van der Waals surface area contributed by atoms with Crippen LogP contribution < -0.4 is 0 Å². The van der Waals surface area contributed by atoms with Gasteiger partial charge in [-0.05, 0) is 32.8 Å². The third-order valence-electron chi connectivity index (χ3n) is 1.74. The first-order valence-corrected chi connectivity index (χ1v) is 4.11. The molecule has 0 heteroatoms. The van der Waals surface area contributed by atoms with E-state index in [2.05, 4.69) is 39.5 Å². The summed E-state index contributed by atoms with van der Waals surface area (Å²) >= 11 is 0. The van der Waals surface area contributed by atoms with Gasteiger partial charge in [0.2, 0.25) is 0 Å². The van der Waals surface area contributed by atoms with Crippen LogP contribution in [0.25, 0.3) is 0 Å². The van der Waals surface area contributed by atoms with Crippen molar-refractivity contribution in [3.8, 4) is 0 Å². The molecule has 0 N–H and O–H groups in total. The Balaban J connectivity index is 0. The van der Waals surface area contributed by atoms with Crippen molar-refractivity contribution in [3.05, 3.63) is 35.5 Å². The molecule has 12 heavy (non-hydrogen) atoms. The summed E-state index contributed by atoms with van der Waals surface area (Å²) in [5.74, 6) is 0. The van der Waals surface area contributed by atoms with Gasteiger partial charge < -0.3 is 0 Å². The summed E-state index contributed by atoms with van der Waals surface area (Å²) in [5, 5.41) is 0. The van der Waals surface area contributed by atoms with Gasteiger partial charge in [-0.3, -0.25) is 0 Å². The number of hydrogen-bond acceptors (Lipinski definition) is 0. The molecule has 70 valence electrons. The highest BCUT2D eigenvalue weighted by Gasteiger charge is 1.94. The minimum atomic E-state index is 0. The average molecular weight is 166 g/mol. The van der Waals surface area contributed by atoms with Crippen molar-refractivity contribution in [1.29, 1.82) is 0 Å². The van der Waals surface area contributed by atoms with Crippen LogP contribution in [0.5, 0.6) is 0 Å². The molecular formula is C12H22. The minimum absolute atomic E-state index is 0. The second-order valence-electron chi connectivity index (χ2n) is 2.84. The van der Waals surface area contributed by atoms with Crippen molar-refractivity contribution in [2.75, 3.05) is 0 Å². The SMILES string of the molecule is C.C=C(C)/C=C(CC)\C(C)=C/C. The Labute approximate surface area is 77.7 Å². The Morgan fingerprint density at radius 3 is 2.08 bits per heavy atom. The van der Waals surface area contributed by atoms with E-state index in [0.29, 0.717) is 0 Å². The number of hydrogen-bond donors (Lipinski definition) is 0. The average Bonchev–Trinajstić information content (AvgIpc) is 1.98. The molecule has 0 nitrogen and oxygen atoms in total. The van der Waals surface area contributed by atoms with E-state index in [0.717, 1.165) is 12.0 Å².